The van der Waals surface area contributed by atoms with E-state index in [2.05, 4.69) is 32.2 Å². The van der Waals surface area contributed by atoms with E-state index in [0.717, 1.165) is 23.8 Å². The number of halogens is 1. The lowest BCUT2D eigenvalue weighted by Gasteiger charge is -2.23. The molecule has 1 aromatic rings. The summed E-state index contributed by atoms with van der Waals surface area (Å²) in [6.07, 6.45) is 2.33. The molecule has 86 valence electrons. The van der Waals surface area contributed by atoms with Crippen molar-refractivity contribution in [3.8, 4) is 0 Å². The number of thiophene rings is 1. The van der Waals surface area contributed by atoms with Crippen molar-refractivity contribution in [2.24, 2.45) is 5.41 Å². The van der Waals surface area contributed by atoms with Crippen molar-refractivity contribution in [1.82, 2.24) is 5.32 Å². The molecular weight excluding hydrogens is 226 g/mol. The Morgan fingerprint density at radius 3 is 2.67 bits per heavy atom. The van der Waals surface area contributed by atoms with Crippen LogP contribution in [0.5, 0.6) is 0 Å². The second kappa shape index (κ2) is 5.88. The molecule has 0 aromatic carbocycles. The smallest absolute Gasteiger partial charge is 0.0931 e. The summed E-state index contributed by atoms with van der Waals surface area (Å²) in [6.45, 7) is 8.94. The van der Waals surface area contributed by atoms with Crippen LogP contribution >= 0.6 is 22.9 Å². The summed E-state index contributed by atoms with van der Waals surface area (Å²) in [5.74, 6) is 0. The lowest BCUT2D eigenvalue weighted by atomic mass is 9.85. The van der Waals surface area contributed by atoms with E-state index < -0.39 is 0 Å². The Labute approximate surface area is 102 Å². The maximum Gasteiger partial charge on any atom is 0.0931 e. The third-order valence-corrected chi connectivity index (χ3v) is 3.74. The summed E-state index contributed by atoms with van der Waals surface area (Å²) < 4.78 is 0.896. The van der Waals surface area contributed by atoms with Gasteiger partial charge in [0.1, 0.15) is 0 Å². The number of hydrogen-bond acceptors (Lipinski definition) is 2. The first kappa shape index (κ1) is 13.0. The van der Waals surface area contributed by atoms with E-state index in [9.17, 15) is 0 Å². The molecule has 0 unspecified atom stereocenters. The Kier molecular flexibility index (Phi) is 5.10. The third-order valence-electron chi connectivity index (χ3n) is 2.51. The SMILES string of the molecule is CCNCCC(C)(C)Cc1ccc(Cl)s1. The second-order valence-corrected chi connectivity index (χ2v) is 6.45. The van der Waals surface area contributed by atoms with Gasteiger partial charge in [0, 0.05) is 4.88 Å². The standard InChI is InChI=1S/C12H20ClNS/c1-4-14-8-7-12(2,3)9-10-5-6-11(13)15-10/h5-6,14H,4,7-9H2,1-3H3. The average Bonchev–Trinajstić information content (AvgIpc) is 2.50. The maximum absolute atomic E-state index is 5.92. The van der Waals surface area contributed by atoms with Crippen molar-refractivity contribution in [3.05, 3.63) is 21.3 Å². The van der Waals surface area contributed by atoms with Gasteiger partial charge in [-0.25, -0.2) is 0 Å². The summed E-state index contributed by atoms with van der Waals surface area (Å²) in [5.41, 5.74) is 0.357. The molecule has 1 rings (SSSR count). The van der Waals surface area contributed by atoms with E-state index >= 15 is 0 Å². The van der Waals surface area contributed by atoms with Crippen molar-refractivity contribution >= 4 is 22.9 Å². The molecule has 0 bridgehead atoms. The fraction of sp³-hybridized carbons (Fsp3) is 0.667. The van der Waals surface area contributed by atoms with Crippen LogP contribution in [-0.4, -0.2) is 13.1 Å². The van der Waals surface area contributed by atoms with E-state index in [-0.39, 0.29) is 0 Å². The summed E-state index contributed by atoms with van der Waals surface area (Å²) in [5, 5.41) is 3.37. The molecule has 0 saturated heterocycles. The van der Waals surface area contributed by atoms with Gasteiger partial charge in [-0.2, -0.15) is 0 Å². The van der Waals surface area contributed by atoms with Gasteiger partial charge in [0.25, 0.3) is 0 Å². The third kappa shape index (κ3) is 5.01. The van der Waals surface area contributed by atoms with Crippen LogP contribution in [0.3, 0.4) is 0 Å². The summed E-state index contributed by atoms with van der Waals surface area (Å²) in [7, 11) is 0. The zero-order valence-corrected chi connectivity index (χ0v) is 11.3. The van der Waals surface area contributed by atoms with E-state index in [0.29, 0.717) is 5.41 Å². The van der Waals surface area contributed by atoms with Gasteiger partial charge in [0.15, 0.2) is 0 Å². The first-order valence-electron chi connectivity index (χ1n) is 5.48. The minimum absolute atomic E-state index is 0.357. The van der Waals surface area contributed by atoms with Gasteiger partial charge in [0.2, 0.25) is 0 Å². The molecule has 1 heterocycles. The van der Waals surface area contributed by atoms with E-state index in [1.54, 1.807) is 11.3 Å². The van der Waals surface area contributed by atoms with Crippen molar-refractivity contribution < 1.29 is 0 Å². The minimum atomic E-state index is 0.357. The van der Waals surface area contributed by atoms with Crippen LogP contribution in [-0.2, 0) is 6.42 Å². The highest BCUT2D eigenvalue weighted by molar-refractivity contribution is 7.16. The zero-order chi connectivity index (χ0) is 11.3. The average molecular weight is 246 g/mol. The monoisotopic (exact) mass is 245 g/mol. The Morgan fingerprint density at radius 1 is 1.40 bits per heavy atom. The molecule has 0 radical (unpaired) electrons. The van der Waals surface area contributed by atoms with E-state index in [4.69, 9.17) is 11.6 Å². The molecule has 0 aliphatic heterocycles. The van der Waals surface area contributed by atoms with Crippen LogP contribution in [0.2, 0.25) is 4.34 Å². The normalized spacial score (nSPS) is 12.0. The fourth-order valence-electron chi connectivity index (χ4n) is 1.61. The molecule has 0 amide bonds. The maximum atomic E-state index is 5.92. The molecule has 1 N–H and O–H groups in total. The molecule has 1 nitrogen and oxygen atoms in total. The Balaban J connectivity index is 2.41. The minimum Gasteiger partial charge on any atom is -0.317 e. The van der Waals surface area contributed by atoms with Gasteiger partial charge in [0.05, 0.1) is 4.34 Å². The van der Waals surface area contributed by atoms with Gasteiger partial charge in [-0.3, -0.25) is 0 Å². The molecule has 1 aromatic heterocycles. The summed E-state index contributed by atoms with van der Waals surface area (Å²) in [4.78, 5) is 1.39. The van der Waals surface area contributed by atoms with E-state index in [1.807, 2.05) is 6.07 Å². The van der Waals surface area contributed by atoms with Crippen LogP contribution in [0.1, 0.15) is 32.1 Å². The van der Waals surface area contributed by atoms with Crippen LogP contribution in [0, 0.1) is 5.41 Å². The molecule has 15 heavy (non-hydrogen) atoms. The molecule has 0 aliphatic rings. The predicted octanol–water partition coefficient (Wildman–Crippen LogP) is 3.97. The second-order valence-electron chi connectivity index (χ2n) is 4.65. The molecular formula is C12H20ClNS. The molecule has 3 heteroatoms. The summed E-state index contributed by atoms with van der Waals surface area (Å²) in [6, 6.07) is 4.13. The van der Waals surface area contributed by atoms with E-state index in [1.165, 1.54) is 11.3 Å². The summed E-state index contributed by atoms with van der Waals surface area (Å²) >= 11 is 7.62. The highest BCUT2D eigenvalue weighted by Gasteiger charge is 2.18. The van der Waals surface area contributed by atoms with Gasteiger partial charge < -0.3 is 5.32 Å². The molecule has 0 atom stereocenters. The van der Waals surface area contributed by atoms with Crippen molar-refractivity contribution in [2.75, 3.05) is 13.1 Å². The first-order valence-corrected chi connectivity index (χ1v) is 6.68. The molecule has 0 aliphatic carbocycles. The fourth-order valence-corrected chi connectivity index (χ4v) is 2.96. The number of rotatable bonds is 6. The van der Waals surface area contributed by atoms with Crippen LogP contribution in [0.25, 0.3) is 0 Å². The van der Waals surface area contributed by atoms with Gasteiger partial charge >= 0.3 is 0 Å². The quantitative estimate of drug-likeness (QED) is 0.748. The highest BCUT2D eigenvalue weighted by Crippen LogP contribution is 2.30. The molecule has 0 fully saturated rings. The van der Waals surface area contributed by atoms with Gasteiger partial charge in [-0.15, -0.1) is 11.3 Å². The lowest BCUT2D eigenvalue weighted by Crippen LogP contribution is -2.23. The lowest BCUT2D eigenvalue weighted by molar-refractivity contribution is 0.329. The molecule has 0 spiro atoms. The Bertz CT molecular complexity index is 294. The van der Waals surface area contributed by atoms with Crippen molar-refractivity contribution in [2.45, 2.75) is 33.6 Å². The Morgan fingerprint density at radius 2 is 2.13 bits per heavy atom. The van der Waals surface area contributed by atoms with Crippen molar-refractivity contribution in [1.29, 1.82) is 0 Å². The predicted molar refractivity (Wildman–Crippen MR) is 70.0 cm³/mol. The zero-order valence-electron chi connectivity index (χ0n) is 9.77. The van der Waals surface area contributed by atoms with Crippen molar-refractivity contribution in [3.63, 3.8) is 0 Å². The van der Waals surface area contributed by atoms with Gasteiger partial charge in [-0.1, -0.05) is 32.4 Å². The Hall–Kier alpha value is -0.0500. The largest absolute Gasteiger partial charge is 0.317 e. The highest BCUT2D eigenvalue weighted by atomic mass is 35.5. The van der Waals surface area contributed by atoms with Crippen LogP contribution < -0.4 is 5.32 Å². The number of nitrogens with one attached hydrogen (secondary N) is 1. The topological polar surface area (TPSA) is 12.0 Å². The van der Waals surface area contributed by atoms with Crippen LogP contribution in [0.4, 0.5) is 0 Å². The first-order chi connectivity index (χ1) is 7.03. The van der Waals surface area contributed by atoms with Gasteiger partial charge in [-0.05, 0) is 43.5 Å². The molecule has 0 saturated carbocycles. The number of hydrogen-bond donors (Lipinski definition) is 1. The van der Waals surface area contributed by atoms with Crippen LogP contribution in [0.15, 0.2) is 12.1 Å².